The lowest BCUT2D eigenvalue weighted by atomic mass is 10.0. The maximum Gasteiger partial charge on any atom is 0.417 e. The number of benzene rings is 1. The van der Waals surface area contributed by atoms with Crippen molar-refractivity contribution in [3.8, 4) is 11.6 Å². The second kappa shape index (κ2) is 6.28. The second-order valence-corrected chi connectivity index (χ2v) is 6.46. The number of anilines is 1. The van der Waals surface area contributed by atoms with Crippen molar-refractivity contribution in [2.45, 2.75) is 45.5 Å². The van der Waals surface area contributed by atoms with Gasteiger partial charge < -0.3 is 14.4 Å². The van der Waals surface area contributed by atoms with E-state index in [0.29, 0.717) is 12.3 Å². The van der Waals surface area contributed by atoms with Gasteiger partial charge in [-0.15, -0.1) is 0 Å². The number of alkyl halides is 3. The molecule has 0 radical (unpaired) electrons. The molecule has 2 heterocycles. The van der Waals surface area contributed by atoms with E-state index in [1.54, 1.807) is 26.0 Å². The highest BCUT2D eigenvalue weighted by Gasteiger charge is 2.37. The molecule has 0 bridgehead atoms. The summed E-state index contributed by atoms with van der Waals surface area (Å²) in [7, 11) is 1.87. The van der Waals surface area contributed by atoms with E-state index in [0.717, 1.165) is 12.5 Å². The molecule has 0 unspecified atom stereocenters. The molecule has 1 aliphatic heterocycles. The molecule has 0 fully saturated rings. The average molecular weight is 354 g/mol. The number of hydrogen-bond acceptors (Lipinski definition) is 4. The zero-order valence-electron chi connectivity index (χ0n) is 14.6. The fourth-order valence-electron chi connectivity index (χ4n) is 3.09. The Morgan fingerprint density at radius 2 is 2.08 bits per heavy atom. The monoisotopic (exact) mass is 354 g/mol. The Bertz CT molecular complexity index is 790. The van der Waals surface area contributed by atoms with Gasteiger partial charge in [-0.3, -0.25) is 0 Å². The van der Waals surface area contributed by atoms with Gasteiger partial charge >= 0.3 is 6.18 Å². The van der Waals surface area contributed by atoms with Crippen LogP contribution in [0.3, 0.4) is 0 Å². The van der Waals surface area contributed by atoms with E-state index in [9.17, 15) is 13.2 Å². The minimum absolute atomic E-state index is 0.0116. The Hall–Kier alpha value is -2.18. The number of rotatable bonds is 3. The van der Waals surface area contributed by atoms with Gasteiger partial charge in [0, 0.05) is 13.1 Å². The topological polar surface area (TPSA) is 34.6 Å². The molecule has 0 N–H and O–H groups in total. The van der Waals surface area contributed by atoms with Gasteiger partial charge in [0.2, 0.25) is 5.88 Å². The summed E-state index contributed by atoms with van der Waals surface area (Å²) in [5.41, 5.74) is 0.0800. The number of ether oxygens (including phenoxy) is 2. The molecule has 1 aromatic heterocycles. The molecule has 1 aromatic carbocycles. The SMILES string of the molecule is CC[C@@H]1COc2c(ccc3nc(OC(C)C)cc(C(F)(F)F)c23)N1C. The van der Waals surface area contributed by atoms with Gasteiger partial charge in [0.25, 0.3) is 0 Å². The van der Waals surface area contributed by atoms with Crippen LogP contribution in [0, 0.1) is 0 Å². The van der Waals surface area contributed by atoms with Gasteiger partial charge in [-0.1, -0.05) is 6.92 Å². The first kappa shape index (κ1) is 17.6. The molecule has 0 amide bonds. The third-order valence-electron chi connectivity index (χ3n) is 4.36. The predicted octanol–water partition coefficient (Wildman–Crippen LogP) is 4.65. The molecule has 2 aromatic rings. The van der Waals surface area contributed by atoms with Gasteiger partial charge in [-0.05, 0) is 32.4 Å². The van der Waals surface area contributed by atoms with E-state index in [4.69, 9.17) is 9.47 Å². The third-order valence-corrected chi connectivity index (χ3v) is 4.36. The van der Waals surface area contributed by atoms with Crippen LogP contribution in [0.15, 0.2) is 18.2 Å². The lowest BCUT2D eigenvalue weighted by molar-refractivity contribution is -0.136. The van der Waals surface area contributed by atoms with E-state index in [2.05, 4.69) is 4.98 Å². The third kappa shape index (κ3) is 3.19. The van der Waals surface area contributed by atoms with Crippen LogP contribution in [0.5, 0.6) is 11.6 Å². The Kier molecular flexibility index (Phi) is 4.43. The van der Waals surface area contributed by atoms with Gasteiger partial charge in [0.15, 0.2) is 5.75 Å². The van der Waals surface area contributed by atoms with E-state index in [1.165, 1.54) is 0 Å². The summed E-state index contributed by atoms with van der Waals surface area (Å²) in [6.45, 7) is 5.86. The molecule has 1 atom stereocenters. The fraction of sp³-hybridized carbons (Fsp3) is 0.500. The van der Waals surface area contributed by atoms with Crippen molar-refractivity contribution in [3.63, 3.8) is 0 Å². The Labute approximate surface area is 144 Å². The summed E-state index contributed by atoms with van der Waals surface area (Å²) in [6, 6.07) is 4.44. The van der Waals surface area contributed by atoms with Gasteiger partial charge in [0.05, 0.1) is 34.3 Å². The minimum Gasteiger partial charge on any atom is -0.489 e. The summed E-state index contributed by atoms with van der Waals surface area (Å²) in [5, 5.41) is -0.0116. The first-order chi connectivity index (χ1) is 11.7. The van der Waals surface area contributed by atoms with Gasteiger partial charge in [-0.2, -0.15) is 13.2 Å². The second-order valence-electron chi connectivity index (χ2n) is 6.46. The highest BCUT2D eigenvalue weighted by molar-refractivity contribution is 5.95. The van der Waals surface area contributed by atoms with Gasteiger partial charge in [0.1, 0.15) is 6.61 Å². The van der Waals surface area contributed by atoms with E-state index in [1.807, 2.05) is 18.9 Å². The van der Waals surface area contributed by atoms with Crippen molar-refractivity contribution < 1.29 is 22.6 Å². The molecule has 25 heavy (non-hydrogen) atoms. The minimum atomic E-state index is -4.53. The molecule has 3 rings (SSSR count). The van der Waals surface area contributed by atoms with Crippen molar-refractivity contribution in [2.75, 3.05) is 18.6 Å². The fourth-order valence-corrected chi connectivity index (χ4v) is 3.09. The highest BCUT2D eigenvalue weighted by Crippen LogP contribution is 2.46. The van der Waals surface area contributed by atoms with Crippen LogP contribution in [0.2, 0.25) is 0 Å². The number of nitrogens with zero attached hydrogens (tertiary/aromatic N) is 2. The maximum absolute atomic E-state index is 13.7. The molecule has 0 aliphatic carbocycles. The highest BCUT2D eigenvalue weighted by atomic mass is 19.4. The quantitative estimate of drug-likeness (QED) is 0.804. The largest absolute Gasteiger partial charge is 0.489 e. The summed E-state index contributed by atoms with van der Waals surface area (Å²) >= 11 is 0. The molecular formula is C18H21F3N2O2. The number of fused-ring (bicyclic) bond motifs is 3. The Balaban J connectivity index is 2.26. The van der Waals surface area contributed by atoms with Gasteiger partial charge in [-0.25, -0.2) is 4.98 Å². The van der Waals surface area contributed by atoms with Crippen molar-refractivity contribution >= 4 is 16.6 Å². The first-order valence-corrected chi connectivity index (χ1v) is 8.29. The van der Waals surface area contributed by atoms with Crippen LogP contribution in [-0.4, -0.2) is 30.8 Å². The Morgan fingerprint density at radius 3 is 2.68 bits per heavy atom. The predicted molar refractivity (Wildman–Crippen MR) is 90.5 cm³/mol. The Morgan fingerprint density at radius 1 is 1.36 bits per heavy atom. The van der Waals surface area contributed by atoms with Crippen molar-refractivity contribution in [1.29, 1.82) is 0 Å². The molecule has 136 valence electrons. The summed E-state index contributed by atoms with van der Waals surface area (Å²) < 4.78 is 52.2. The number of hydrogen-bond donors (Lipinski definition) is 0. The summed E-state index contributed by atoms with van der Waals surface area (Å²) in [4.78, 5) is 6.21. The van der Waals surface area contributed by atoms with Crippen LogP contribution in [0.4, 0.5) is 18.9 Å². The van der Waals surface area contributed by atoms with Crippen LogP contribution in [0.25, 0.3) is 10.9 Å². The number of aromatic nitrogens is 1. The number of halogens is 3. The molecule has 1 aliphatic rings. The van der Waals surface area contributed by atoms with Crippen LogP contribution in [-0.2, 0) is 6.18 Å². The maximum atomic E-state index is 13.7. The lowest BCUT2D eigenvalue weighted by Crippen LogP contribution is -2.40. The van der Waals surface area contributed by atoms with E-state index >= 15 is 0 Å². The smallest absolute Gasteiger partial charge is 0.417 e. The number of pyridine rings is 1. The zero-order valence-corrected chi connectivity index (χ0v) is 14.6. The van der Waals surface area contributed by atoms with Crippen LogP contribution in [0.1, 0.15) is 32.8 Å². The van der Waals surface area contributed by atoms with Crippen LogP contribution >= 0.6 is 0 Å². The number of likely N-dealkylation sites (N-methyl/N-ethyl adjacent to an activating group) is 1. The normalized spacial score (nSPS) is 17.6. The van der Waals surface area contributed by atoms with E-state index < -0.39 is 11.7 Å². The first-order valence-electron chi connectivity index (χ1n) is 8.29. The zero-order chi connectivity index (χ0) is 18.4. The molecule has 7 heteroatoms. The van der Waals surface area contributed by atoms with Crippen molar-refractivity contribution in [3.05, 3.63) is 23.8 Å². The van der Waals surface area contributed by atoms with E-state index in [-0.39, 0.29) is 34.7 Å². The summed E-state index contributed by atoms with van der Waals surface area (Å²) in [6.07, 6.45) is -3.95. The van der Waals surface area contributed by atoms with Crippen molar-refractivity contribution in [2.24, 2.45) is 0 Å². The van der Waals surface area contributed by atoms with Crippen molar-refractivity contribution in [1.82, 2.24) is 4.98 Å². The lowest BCUT2D eigenvalue weighted by Gasteiger charge is -2.36. The standard InChI is InChI=1S/C18H21F3N2O2/c1-5-11-9-24-17-14(23(11)4)7-6-13-16(17)12(18(19,20)21)8-15(22-13)25-10(2)3/h6-8,10-11H,5,9H2,1-4H3/t11-/m1/s1. The van der Waals surface area contributed by atoms with Crippen LogP contribution < -0.4 is 14.4 Å². The average Bonchev–Trinajstić information content (AvgIpc) is 2.52. The molecule has 0 spiro atoms. The molecule has 0 saturated carbocycles. The molecule has 4 nitrogen and oxygen atoms in total. The molecule has 0 saturated heterocycles. The molecular weight excluding hydrogens is 333 g/mol. The summed E-state index contributed by atoms with van der Waals surface area (Å²) in [5.74, 6) is 0.200.